The van der Waals surface area contributed by atoms with Crippen LogP contribution in [0.25, 0.3) is 0 Å². The van der Waals surface area contributed by atoms with Crippen LogP contribution >= 0.6 is 0 Å². The second kappa shape index (κ2) is 4.64. The summed E-state index contributed by atoms with van der Waals surface area (Å²) >= 11 is 0. The predicted octanol–water partition coefficient (Wildman–Crippen LogP) is 2.53. The number of rotatable bonds is 1. The van der Waals surface area contributed by atoms with Gasteiger partial charge in [-0.3, -0.25) is 0 Å². The third-order valence-corrected chi connectivity index (χ3v) is 8.21. The number of aliphatic hydroxyl groups is 1. The molecule has 1 N–H and O–H groups in total. The number of epoxide rings is 1. The van der Waals surface area contributed by atoms with Crippen LogP contribution in [-0.2, 0) is 26.2 Å². The van der Waals surface area contributed by atoms with Gasteiger partial charge in [-0.05, 0) is 48.9 Å². The van der Waals surface area contributed by atoms with E-state index < -0.39 is 17.5 Å². The molecule has 1 unspecified atom stereocenters. The van der Waals surface area contributed by atoms with E-state index in [0.717, 1.165) is 37.0 Å². The number of methoxy groups -OCH3 is 1. The molecule has 0 amide bonds. The zero-order valence-electron chi connectivity index (χ0n) is 15.4. The lowest BCUT2D eigenvalue weighted by atomic mass is 9.53. The first kappa shape index (κ1) is 15.9. The average molecular weight is 358 g/mol. The summed E-state index contributed by atoms with van der Waals surface area (Å²) in [7, 11) is 1.70. The molecule has 2 saturated heterocycles. The van der Waals surface area contributed by atoms with Gasteiger partial charge in [0.05, 0.1) is 26.4 Å². The largest absolute Gasteiger partial charge is 0.497 e. The van der Waals surface area contributed by atoms with Gasteiger partial charge in [-0.15, -0.1) is 0 Å². The van der Waals surface area contributed by atoms with E-state index in [4.69, 9.17) is 18.9 Å². The monoisotopic (exact) mass is 358 g/mol. The Labute approximate surface area is 153 Å². The fourth-order valence-electron chi connectivity index (χ4n) is 7.13. The molecule has 2 saturated carbocycles. The highest BCUT2D eigenvalue weighted by Gasteiger charge is 2.86. The molecule has 1 spiro atoms. The molecule has 0 aromatic heterocycles. The average Bonchev–Trinajstić information content (AvgIpc) is 2.98. The lowest BCUT2D eigenvalue weighted by Gasteiger charge is -2.51. The number of ether oxygens (including phenoxy) is 4. The molecule has 5 aliphatic rings. The van der Waals surface area contributed by atoms with Crippen molar-refractivity contribution in [2.24, 2.45) is 11.3 Å². The summed E-state index contributed by atoms with van der Waals surface area (Å²) in [5.74, 6) is 0.689. The van der Waals surface area contributed by atoms with Crippen molar-refractivity contribution < 1.29 is 24.1 Å². The molecule has 2 aliphatic heterocycles. The second-order valence-corrected chi connectivity index (χ2v) is 8.93. The molecule has 1 aromatic rings. The maximum atomic E-state index is 11.4. The molecule has 140 valence electrons. The molecule has 6 rings (SSSR count). The zero-order valence-corrected chi connectivity index (χ0v) is 15.4. The number of aliphatic hydroxyl groups excluding tert-OH is 1. The molecule has 4 fully saturated rings. The first-order chi connectivity index (χ1) is 12.5. The van der Waals surface area contributed by atoms with Gasteiger partial charge in [0.25, 0.3) is 0 Å². The van der Waals surface area contributed by atoms with Crippen molar-refractivity contribution >= 4 is 0 Å². The van der Waals surface area contributed by atoms with Crippen LogP contribution in [0.15, 0.2) is 18.2 Å². The van der Waals surface area contributed by atoms with E-state index >= 15 is 0 Å². The van der Waals surface area contributed by atoms with Crippen LogP contribution in [0.1, 0.15) is 43.7 Å². The van der Waals surface area contributed by atoms with Gasteiger partial charge in [0.15, 0.2) is 5.79 Å². The first-order valence-corrected chi connectivity index (χ1v) is 9.85. The van der Waals surface area contributed by atoms with Crippen LogP contribution < -0.4 is 4.74 Å². The Bertz CT molecular complexity index is 787. The smallest absolute Gasteiger partial charge is 0.174 e. The molecule has 0 bridgehead atoms. The molecular formula is C21H26O5. The zero-order chi connectivity index (χ0) is 17.8. The highest BCUT2D eigenvalue weighted by molar-refractivity contribution is 5.50. The van der Waals surface area contributed by atoms with Crippen LogP contribution in [0.3, 0.4) is 0 Å². The van der Waals surface area contributed by atoms with Crippen LogP contribution in [0.2, 0.25) is 0 Å². The minimum Gasteiger partial charge on any atom is -0.497 e. The molecular weight excluding hydrogens is 332 g/mol. The van der Waals surface area contributed by atoms with Crippen molar-refractivity contribution in [3.8, 4) is 5.75 Å². The van der Waals surface area contributed by atoms with E-state index in [1.807, 2.05) is 6.07 Å². The summed E-state index contributed by atoms with van der Waals surface area (Å²) in [4.78, 5) is 0. The quantitative estimate of drug-likeness (QED) is 0.782. The van der Waals surface area contributed by atoms with E-state index in [9.17, 15) is 5.11 Å². The summed E-state index contributed by atoms with van der Waals surface area (Å²) in [6, 6.07) is 6.20. The number of benzene rings is 1. The molecule has 2 heterocycles. The fraction of sp³-hybridized carbons (Fsp3) is 0.714. The Morgan fingerprint density at radius 2 is 2.00 bits per heavy atom. The lowest BCUT2D eigenvalue weighted by molar-refractivity contribution is -0.242. The minimum atomic E-state index is -0.554. The molecule has 5 atom stereocenters. The molecule has 1 aromatic carbocycles. The van der Waals surface area contributed by atoms with Gasteiger partial charge in [0, 0.05) is 17.8 Å². The number of fused-ring (bicyclic) bond motifs is 3. The second-order valence-electron chi connectivity index (χ2n) is 8.93. The van der Waals surface area contributed by atoms with Crippen LogP contribution in [0.4, 0.5) is 0 Å². The summed E-state index contributed by atoms with van der Waals surface area (Å²) in [6.45, 7) is 3.56. The van der Waals surface area contributed by atoms with Crippen LogP contribution in [0, 0.1) is 11.3 Å². The van der Waals surface area contributed by atoms with Crippen molar-refractivity contribution in [3.05, 3.63) is 29.3 Å². The van der Waals surface area contributed by atoms with E-state index in [1.165, 1.54) is 5.56 Å². The van der Waals surface area contributed by atoms with Crippen LogP contribution in [0.5, 0.6) is 5.75 Å². The third-order valence-electron chi connectivity index (χ3n) is 8.21. The first-order valence-electron chi connectivity index (χ1n) is 9.85. The Kier molecular flexibility index (Phi) is 2.83. The van der Waals surface area contributed by atoms with E-state index in [1.54, 1.807) is 7.11 Å². The molecule has 0 radical (unpaired) electrons. The van der Waals surface area contributed by atoms with Gasteiger partial charge in [-0.2, -0.15) is 0 Å². The molecule has 3 aliphatic carbocycles. The Morgan fingerprint density at radius 3 is 2.77 bits per heavy atom. The standard InChI is InChI=1S/C21H26O5/c1-18-12-17(22)21-15-4-3-14(23-2)11-13(15)5-7-19(21,26-21)16(18)6-8-20(18)24-9-10-25-20/h3-4,11,16-17,22H,5-10,12H2,1-2H3/t16-,17-,18?,19+,21-/m1/s1. The van der Waals surface area contributed by atoms with Crippen molar-refractivity contribution in [2.45, 2.75) is 62.1 Å². The van der Waals surface area contributed by atoms with Gasteiger partial charge in [0.2, 0.25) is 0 Å². The predicted molar refractivity (Wildman–Crippen MR) is 92.9 cm³/mol. The van der Waals surface area contributed by atoms with Crippen molar-refractivity contribution in [1.82, 2.24) is 0 Å². The van der Waals surface area contributed by atoms with Gasteiger partial charge in [-0.25, -0.2) is 0 Å². The normalized spacial score (nSPS) is 47.0. The van der Waals surface area contributed by atoms with Crippen molar-refractivity contribution in [2.75, 3.05) is 20.3 Å². The highest BCUT2D eigenvalue weighted by Crippen LogP contribution is 2.78. The Morgan fingerprint density at radius 1 is 1.19 bits per heavy atom. The summed E-state index contributed by atoms with van der Waals surface area (Å²) < 4.78 is 24.3. The van der Waals surface area contributed by atoms with Gasteiger partial charge in [0.1, 0.15) is 17.0 Å². The van der Waals surface area contributed by atoms with Crippen molar-refractivity contribution in [3.63, 3.8) is 0 Å². The molecule has 5 nitrogen and oxygen atoms in total. The third kappa shape index (κ3) is 1.48. The summed E-state index contributed by atoms with van der Waals surface area (Å²) in [6.07, 6.45) is 3.96. The Balaban J connectivity index is 1.47. The molecule has 26 heavy (non-hydrogen) atoms. The number of aryl methyl sites for hydroxylation is 1. The van der Waals surface area contributed by atoms with E-state index in [0.29, 0.717) is 25.6 Å². The Hall–Kier alpha value is -1.14. The minimum absolute atomic E-state index is 0.201. The highest BCUT2D eigenvalue weighted by atomic mass is 16.7. The molecule has 5 heteroatoms. The van der Waals surface area contributed by atoms with Gasteiger partial charge in [-0.1, -0.05) is 13.0 Å². The maximum Gasteiger partial charge on any atom is 0.174 e. The number of hydrogen-bond donors (Lipinski definition) is 1. The van der Waals surface area contributed by atoms with Crippen molar-refractivity contribution in [1.29, 1.82) is 0 Å². The SMILES string of the molecule is COc1ccc2c(c1)CC[C@@]13O[C@@]21[C@H](O)CC1(C)[C@H]3CCC12OCCO2. The van der Waals surface area contributed by atoms with E-state index in [2.05, 4.69) is 19.1 Å². The fourth-order valence-corrected chi connectivity index (χ4v) is 7.13. The summed E-state index contributed by atoms with van der Waals surface area (Å²) in [5.41, 5.74) is 1.38. The number of hydrogen-bond acceptors (Lipinski definition) is 5. The summed E-state index contributed by atoms with van der Waals surface area (Å²) in [5, 5.41) is 11.4. The van der Waals surface area contributed by atoms with Crippen LogP contribution in [-0.4, -0.2) is 42.9 Å². The topological polar surface area (TPSA) is 60.5 Å². The van der Waals surface area contributed by atoms with Gasteiger partial charge < -0.3 is 24.1 Å². The van der Waals surface area contributed by atoms with Gasteiger partial charge >= 0.3 is 0 Å². The van der Waals surface area contributed by atoms with E-state index in [-0.39, 0.29) is 11.0 Å². The lowest BCUT2D eigenvalue weighted by Crippen LogP contribution is -2.59. The maximum absolute atomic E-state index is 11.4.